The number of aliphatic hydroxyl groups is 1. The standard InChI is InChI=1S/C15H21ClN2O2/c1-8(2)7-18(9(3)4)13-6-12-10(5-11(13)16)14(19)15(20)17-12/h5-6,8-9,14,19H,7H2,1-4H3,(H,17,20). The number of halogens is 1. The Kier molecular flexibility index (Phi) is 4.25. The molecule has 0 aromatic heterocycles. The molecule has 0 fully saturated rings. The fraction of sp³-hybridized carbons (Fsp3) is 0.533. The number of aliphatic hydroxyl groups excluding tert-OH is 1. The zero-order valence-corrected chi connectivity index (χ0v) is 13.0. The molecule has 0 saturated heterocycles. The summed E-state index contributed by atoms with van der Waals surface area (Å²) in [6, 6.07) is 3.84. The fourth-order valence-electron chi connectivity index (χ4n) is 2.45. The summed E-state index contributed by atoms with van der Waals surface area (Å²) in [5.74, 6) is 0.107. The summed E-state index contributed by atoms with van der Waals surface area (Å²) in [6.07, 6.45) is -1.12. The summed E-state index contributed by atoms with van der Waals surface area (Å²) in [7, 11) is 0. The van der Waals surface area contributed by atoms with Crippen LogP contribution in [0.4, 0.5) is 11.4 Å². The van der Waals surface area contributed by atoms with Crippen molar-refractivity contribution in [2.45, 2.75) is 39.8 Å². The lowest BCUT2D eigenvalue weighted by Gasteiger charge is -2.32. The van der Waals surface area contributed by atoms with Gasteiger partial charge in [-0.1, -0.05) is 25.4 Å². The number of anilines is 2. The lowest BCUT2D eigenvalue weighted by Crippen LogP contribution is -2.34. The quantitative estimate of drug-likeness (QED) is 0.897. The fourth-order valence-corrected chi connectivity index (χ4v) is 2.74. The molecule has 0 spiro atoms. The molecule has 1 aliphatic heterocycles. The third-order valence-corrected chi connectivity index (χ3v) is 3.72. The highest BCUT2D eigenvalue weighted by Gasteiger charge is 2.30. The van der Waals surface area contributed by atoms with E-state index in [-0.39, 0.29) is 0 Å². The van der Waals surface area contributed by atoms with Gasteiger partial charge in [0, 0.05) is 23.8 Å². The topological polar surface area (TPSA) is 52.6 Å². The summed E-state index contributed by atoms with van der Waals surface area (Å²) in [6.45, 7) is 9.41. The van der Waals surface area contributed by atoms with Crippen molar-refractivity contribution in [2.24, 2.45) is 5.92 Å². The van der Waals surface area contributed by atoms with Crippen molar-refractivity contribution in [3.05, 3.63) is 22.7 Å². The maximum atomic E-state index is 11.5. The Morgan fingerprint density at radius 2 is 2.00 bits per heavy atom. The first-order valence-electron chi connectivity index (χ1n) is 6.90. The van der Waals surface area contributed by atoms with Crippen LogP contribution in [0.1, 0.15) is 39.4 Å². The van der Waals surface area contributed by atoms with Crippen LogP contribution < -0.4 is 10.2 Å². The minimum Gasteiger partial charge on any atom is -0.378 e. The molecule has 5 heteroatoms. The number of hydrogen-bond acceptors (Lipinski definition) is 3. The van der Waals surface area contributed by atoms with Crippen LogP contribution in [0.25, 0.3) is 0 Å². The maximum absolute atomic E-state index is 11.5. The summed E-state index contributed by atoms with van der Waals surface area (Å²) < 4.78 is 0. The molecule has 20 heavy (non-hydrogen) atoms. The zero-order chi connectivity index (χ0) is 15.0. The van der Waals surface area contributed by atoms with Gasteiger partial charge < -0.3 is 15.3 Å². The number of carbonyl (C=O) groups is 1. The van der Waals surface area contributed by atoms with Gasteiger partial charge in [0.1, 0.15) is 0 Å². The second-order valence-corrected chi connectivity index (χ2v) is 6.33. The third kappa shape index (κ3) is 2.76. The van der Waals surface area contributed by atoms with Gasteiger partial charge in [-0.05, 0) is 31.9 Å². The molecule has 1 aliphatic rings. The molecule has 1 aromatic carbocycles. The highest BCUT2D eigenvalue weighted by atomic mass is 35.5. The van der Waals surface area contributed by atoms with Gasteiger partial charge in [0.05, 0.1) is 10.7 Å². The van der Waals surface area contributed by atoms with Gasteiger partial charge in [0.15, 0.2) is 6.10 Å². The molecule has 0 bridgehead atoms. The number of nitrogens with zero attached hydrogens (tertiary/aromatic N) is 1. The normalized spacial score (nSPS) is 17.6. The molecule has 1 unspecified atom stereocenters. The van der Waals surface area contributed by atoms with Gasteiger partial charge in [0.25, 0.3) is 5.91 Å². The second kappa shape index (κ2) is 5.62. The Labute approximate surface area is 124 Å². The first kappa shape index (κ1) is 15.1. The molecule has 2 rings (SSSR count). The molecular weight excluding hydrogens is 276 g/mol. The lowest BCUT2D eigenvalue weighted by atomic mass is 10.1. The van der Waals surface area contributed by atoms with Crippen LogP contribution in [0, 0.1) is 5.92 Å². The van der Waals surface area contributed by atoms with Crippen LogP contribution >= 0.6 is 11.6 Å². The Bertz CT molecular complexity index is 529. The number of amides is 1. The molecule has 1 amide bonds. The summed E-state index contributed by atoms with van der Waals surface area (Å²) >= 11 is 6.35. The largest absolute Gasteiger partial charge is 0.378 e. The number of nitrogens with one attached hydrogen (secondary N) is 1. The third-order valence-electron chi connectivity index (χ3n) is 3.41. The molecule has 1 atom stereocenters. The van der Waals surface area contributed by atoms with Crippen molar-refractivity contribution in [1.29, 1.82) is 0 Å². The second-order valence-electron chi connectivity index (χ2n) is 5.92. The summed E-state index contributed by atoms with van der Waals surface area (Å²) in [5, 5.41) is 13.0. The SMILES string of the molecule is CC(C)CN(c1cc2c(cc1Cl)C(O)C(=O)N2)C(C)C. The molecule has 110 valence electrons. The van der Waals surface area contributed by atoms with Crippen LogP contribution in [0.3, 0.4) is 0 Å². The predicted molar refractivity (Wildman–Crippen MR) is 82.4 cm³/mol. The van der Waals surface area contributed by atoms with Crippen molar-refractivity contribution < 1.29 is 9.90 Å². The van der Waals surface area contributed by atoms with E-state index in [1.54, 1.807) is 6.07 Å². The Morgan fingerprint density at radius 3 is 2.55 bits per heavy atom. The first-order valence-corrected chi connectivity index (χ1v) is 7.28. The van der Waals surface area contributed by atoms with Gasteiger partial charge in [-0.2, -0.15) is 0 Å². The Hall–Kier alpha value is -1.26. The van der Waals surface area contributed by atoms with Crippen LogP contribution in [0.2, 0.25) is 5.02 Å². The van der Waals surface area contributed by atoms with Gasteiger partial charge in [-0.25, -0.2) is 0 Å². The first-order chi connectivity index (χ1) is 9.31. The van der Waals surface area contributed by atoms with E-state index in [0.29, 0.717) is 28.2 Å². The van der Waals surface area contributed by atoms with Crippen molar-refractivity contribution >= 4 is 28.9 Å². The van der Waals surface area contributed by atoms with E-state index in [0.717, 1.165) is 12.2 Å². The number of hydrogen-bond donors (Lipinski definition) is 2. The summed E-state index contributed by atoms with van der Waals surface area (Å²) in [4.78, 5) is 13.7. The van der Waals surface area contributed by atoms with Crippen LogP contribution in [-0.2, 0) is 4.79 Å². The average molecular weight is 297 g/mol. The van der Waals surface area contributed by atoms with Crippen molar-refractivity contribution in [1.82, 2.24) is 0 Å². The molecule has 0 saturated carbocycles. The van der Waals surface area contributed by atoms with E-state index >= 15 is 0 Å². The molecule has 1 aromatic rings. The van der Waals surface area contributed by atoms with E-state index in [2.05, 4.69) is 37.9 Å². The Morgan fingerprint density at radius 1 is 1.35 bits per heavy atom. The average Bonchev–Trinajstić information content (AvgIpc) is 2.61. The minimum atomic E-state index is -1.12. The van der Waals surface area contributed by atoms with E-state index in [1.807, 2.05) is 6.07 Å². The highest BCUT2D eigenvalue weighted by molar-refractivity contribution is 6.33. The van der Waals surface area contributed by atoms with Crippen molar-refractivity contribution in [2.75, 3.05) is 16.8 Å². The molecule has 0 aliphatic carbocycles. The van der Waals surface area contributed by atoms with E-state index in [4.69, 9.17) is 11.6 Å². The lowest BCUT2D eigenvalue weighted by molar-refractivity contribution is -0.123. The van der Waals surface area contributed by atoms with E-state index in [9.17, 15) is 9.90 Å². The predicted octanol–water partition coefficient (Wildman–Crippen LogP) is 3.20. The molecule has 1 heterocycles. The van der Waals surface area contributed by atoms with Crippen LogP contribution in [0.15, 0.2) is 12.1 Å². The number of fused-ring (bicyclic) bond motifs is 1. The number of carbonyl (C=O) groups excluding carboxylic acids is 1. The molecular formula is C15H21ClN2O2. The number of benzene rings is 1. The Balaban J connectivity index is 2.42. The highest BCUT2D eigenvalue weighted by Crippen LogP contribution is 2.39. The van der Waals surface area contributed by atoms with Gasteiger partial charge >= 0.3 is 0 Å². The summed E-state index contributed by atoms with van der Waals surface area (Å²) in [5.41, 5.74) is 2.09. The van der Waals surface area contributed by atoms with Gasteiger partial charge in [0.2, 0.25) is 0 Å². The van der Waals surface area contributed by atoms with Crippen LogP contribution in [0.5, 0.6) is 0 Å². The number of rotatable bonds is 4. The van der Waals surface area contributed by atoms with Crippen molar-refractivity contribution in [3.63, 3.8) is 0 Å². The monoisotopic (exact) mass is 296 g/mol. The maximum Gasteiger partial charge on any atom is 0.257 e. The smallest absolute Gasteiger partial charge is 0.257 e. The van der Waals surface area contributed by atoms with Crippen LogP contribution in [-0.4, -0.2) is 23.6 Å². The minimum absolute atomic E-state index is 0.301. The molecule has 0 radical (unpaired) electrons. The van der Waals surface area contributed by atoms with E-state index < -0.39 is 12.0 Å². The van der Waals surface area contributed by atoms with E-state index in [1.165, 1.54) is 0 Å². The zero-order valence-electron chi connectivity index (χ0n) is 12.3. The van der Waals surface area contributed by atoms with Crippen molar-refractivity contribution in [3.8, 4) is 0 Å². The molecule has 2 N–H and O–H groups in total. The van der Waals surface area contributed by atoms with Gasteiger partial charge in [-0.15, -0.1) is 0 Å². The molecule has 4 nitrogen and oxygen atoms in total. The van der Waals surface area contributed by atoms with Gasteiger partial charge in [-0.3, -0.25) is 4.79 Å².